The SMILES string of the molecule is Nc1nc(-c2ccoc2)c(Cc2ccccc2)c(-c2cccc3ccccc23)n1. The summed E-state index contributed by atoms with van der Waals surface area (Å²) in [5, 5.41) is 2.30. The van der Waals surface area contributed by atoms with E-state index in [1.807, 2.05) is 36.4 Å². The van der Waals surface area contributed by atoms with E-state index in [0.29, 0.717) is 6.42 Å². The van der Waals surface area contributed by atoms with Crippen LogP contribution < -0.4 is 5.73 Å². The lowest BCUT2D eigenvalue weighted by Crippen LogP contribution is -2.06. The topological polar surface area (TPSA) is 64.9 Å². The van der Waals surface area contributed by atoms with E-state index in [2.05, 4.69) is 47.4 Å². The molecule has 2 heterocycles. The Morgan fingerprint density at radius 3 is 2.34 bits per heavy atom. The van der Waals surface area contributed by atoms with E-state index in [1.54, 1.807) is 12.5 Å². The summed E-state index contributed by atoms with van der Waals surface area (Å²) in [5.74, 6) is 0.251. The van der Waals surface area contributed by atoms with Gasteiger partial charge in [-0.1, -0.05) is 72.8 Å². The van der Waals surface area contributed by atoms with Gasteiger partial charge >= 0.3 is 0 Å². The molecule has 2 N–H and O–H groups in total. The van der Waals surface area contributed by atoms with Gasteiger partial charge in [-0.2, -0.15) is 0 Å². The Kier molecular flexibility index (Phi) is 4.30. The molecule has 0 fully saturated rings. The van der Waals surface area contributed by atoms with Crippen LogP contribution in [0.4, 0.5) is 5.95 Å². The van der Waals surface area contributed by atoms with Crippen LogP contribution in [0, 0.1) is 0 Å². The van der Waals surface area contributed by atoms with E-state index in [0.717, 1.165) is 38.9 Å². The molecule has 0 saturated heterocycles. The molecule has 4 nitrogen and oxygen atoms in total. The molecule has 0 aliphatic rings. The summed E-state index contributed by atoms with van der Waals surface area (Å²) in [7, 11) is 0. The van der Waals surface area contributed by atoms with E-state index in [9.17, 15) is 0 Å². The first-order valence-corrected chi connectivity index (χ1v) is 9.50. The number of nitrogen functional groups attached to an aromatic ring is 1. The van der Waals surface area contributed by atoms with Crippen molar-refractivity contribution in [2.45, 2.75) is 6.42 Å². The highest BCUT2D eigenvalue weighted by molar-refractivity contribution is 5.97. The number of hydrogen-bond donors (Lipinski definition) is 1. The zero-order valence-corrected chi connectivity index (χ0v) is 15.7. The molecule has 0 saturated carbocycles. The number of nitrogens with zero attached hydrogens (tertiary/aromatic N) is 2. The van der Waals surface area contributed by atoms with Gasteiger partial charge in [0.05, 0.1) is 23.9 Å². The lowest BCUT2D eigenvalue weighted by molar-refractivity contribution is 0.568. The Morgan fingerprint density at radius 1 is 0.759 bits per heavy atom. The van der Waals surface area contributed by atoms with Crippen molar-refractivity contribution >= 4 is 16.7 Å². The monoisotopic (exact) mass is 377 g/mol. The molecular weight excluding hydrogens is 358 g/mol. The first-order chi connectivity index (χ1) is 14.3. The standard InChI is InChI=1S/C25H19N3O/c26-25-27-23(19-13-14-29-16-19)22(15-17-7-2-1-3-8-17)24(28-25)21-12-6-10-18-9-4-5-11-20(18)21/h1-14,16H,15H2,(H2,26,27,28). The predicted octanol–water partition coefficient (Wildman–Crippen LogP) is 5.73. The van der Waals surface area contributed by atoms with Gasteiger partial charge in [0.15, 0.2) is 0 Å². The number of hydrogen-bond acceptors (Lipinski definition) is 4. The van der Waals surface area contributed by atoms with E-state index in [4.69, 9.17) is 15.1 Å². The first kappa shape index (κ1) is 17.2. The summed E-state index contributed by atoms with van der Waals surface area (Å²) in [5.41, 5.74) is 12.0. The molecule has 2 aromatic heterocycles. The van der Waals surface area contributed by atoms with Crippen LogP contribution in [0.5, 0.6) is 0 Å². The van der Waals surface area contributed by atoms with Crippen LogP contribution in [0.25, 0.3) is 33.3 Å². The highest BCUT2D eigenvalue weighted by Crippen LogP contribution is 2.35. The Bertz CT molecular complexity index is 1270. The fraction of sp³-hybridized carbons (Fsp3) is 0.0400. The third-order valence-electron chi connectivity index (χ3n) is 5.09. The van der Waals surface area contributed by atoms with Crippen LogP contribution in [-0.4, -0.2) is 9.97 Å². The Morgan fingerprint density at radius 2 is 1.52 bits per heavy atom. The van der Waals surface area contributed by atoms with Gasteiger partial charge in [0.2, 0.25) is 5.95 Å². The van der Waals surface area contributed by atoms with E-state index < -0.39 is 0 Å². The van der Waals surface area contributed by atoms with E-state index in [-0.39, 0.29) is 5.95 Å². The molecule has 29 heavy (non-hydrogen) atoms. The van der Waals surface area contributed by atoms with Crippen molar-refractivity contribution < 1.29 is 4.42 Å². The molecule has 5 rings (SSSR count). The Hall–Kier alpha value is -3.92. The summed E-state index contributed by atoms with van der Waals surface area (Å²) in [6.07, 6.45) is 4.04. The first-order valence-electron chi connectivity index (χ1n) is 9.50. The molecule has 0 spiro atoms. The molecule has 140 valence electrons. The molecular formula is C25H19N3O. The molecule has 0 bridgehead atoms. The van der Waals surface area contributed by atoms with Gasteiger partial charge in [-0.25, -0.2) is 9.97 Å². The van der Waals surface area contributed by atoms with Gasteiger partial charge in [-0.15, -0.1) is 0 Å². The van der Waals surface area contributed by atoms with Gasteiger partial charge < -0.3 is 10.2 Å². The van der Waals surface area contributed by atoms with Crippen LogP contribution in [0.2, 0.25) is 0 Å². The number of nitrogens with two attached hydrogens (primary N) is 1. The summed E-state index contributed by atoms with van der Waals surface area (Å²) in [6, 6.07) is 26.8. The van der Waals surface area contributed by atoms with Gasteiger partial charge in [-0.3, -0.25) is 0 Å². The minimum Gasteiger partial charge on any atom is -0.472 e. The van der Waals surface area contributed by atoms with Crippen molar-refractivity contribution in [1.82, 2.24) is 9.97 Å². The summed E-state index contributed by atoms with van der Waals surface area (Å²) in [4.78, 5) is 9.28. The maximum Gasteiger partial charge on any atom is 0.221 e. The Labute approximate surface area is 168 Å². The lowest BCUT2D eigenvalue weighted by atomic mass is 9.93. The molecule has 0 amide bonds. The highest BCUT2D eigenvalue weighted by atomic mass is 16.3. The van der Waals surface area contributed by atoms with E-state index >= 15 is 0 Å². The number of rotatable bonds is 4. The van der Waals surface area contributed by atoms with E-state index in [1.165, 1.54) is 5.56 Å². The molecule has 0 atom stereocenters. The molecule has 0 aliphatic carbocycles. The third kappa shape index (κ3) is 3.25. The van der Waals surface area contributed by atoms with Crippen LogP contribution >= 0.6 is 0 Å². The van der Waals surface area contributed by atoms with Crippen molar-refractivity contribution in [3.63, 3.8) is 0 Å². The van der Waals surface area contributed by atoms with Crippen molar-refractivity contribution in [2.75, 3.05) is 5.73 Å². The average Bonchev–Trinajstić information content (AvgIpc) is 3.30. The molecule has 0 radical (unpaired) electrons. The van der Waals surface area contributed by atoms with Gasteiger partial charge in [0.25, 0.3) is 0 Å². The molecule has 0 unspecified atom stereocenters. The van der Waals surface area contributed by atoms with Gasteiger partial charge in [0, 0.05) is 23.1 Å². The number of furan rings is 1. The van der Waals surface area contributed by atoms with Gasteiger partial charge in [0.1, 0.15) is 0 Å². The van der Waals surface area contributed by atoms with Crippen molar-refractivity contribution in [3.05, 3.63) is 103 Å². The second kappa shape index (κ2) is 7.24. The number of aromatic nitrogens is 2. The third-order valence-corrected chi connectivity index (χ3v) is 5.09. The van der Waals surface area contributed by atoms with Crippen LogP contribution in [-0.2, 0) is 6.42 Å². The normalized spacial score (nSPS) is 11.0. The summed E-state index contributed by atoms with van der Waals surface area (Å²) >= 11 is 0. The predicted molar refractivity (Wildman–Crippen MR) is 116 cm³/mol. The molecule has 3 aromatic carbocycles. The number of fused-ring (bicyclic) bond motifs is 1. The van der Waals surface area contributed by atoms with Crippen LogP contribution in [0.1, 0.15) is 11.1 Å². The summed E-state index contributed by atoms with van der Waals surface area (Å²) in [6.45, 7) is 0. The Balaban J connectivity index is 1.80. The van der Waals surface area contributed by atoms with Crippen molar-refractivity contribution in [2.24, 2.45) is 0 Å². The number of benzene rings is 3. The second-order valence-corrected chi connectivity index (χ2v) is 6.96. The average molecular weight is 377 g/mol. The highest BCUT2D eigenvalue weighted by Gasteiger charge is 2.19. The second-order valence-electron chi connectivity index (χ2n) is 6.96. The van der Waals surface area contributed by atoms with Crippen LogP contribution in [0.15, 0.2) is 95.8 Å². The molecule has 0 aliphatic heterocycles. The molecule has 4 heteroatoms. The fourth-order valence-electron chi connectivity index (χ4n) is 3.76. The summed E-state index contributed by atoms with van der Waals surface area (Å²) < 4.78 is 5.33. The molecule has 5 aromatic rings. The quantitative estimate of drug-likeness (QED) is 0.434. The number of anilines is 1. The minimum atomic E-state index is 0.251. The largest absolute Gasteiger partial charge is 0.472 e. The minimum absolute atomic E-state index is 0.251. The van der Waals surface area contributed by atoms with Crippen LogP contribution in [0.3, 0.4) is 0 Å². The van der Waals surface area contributed by atoms with Crippen molar-refractivity contribution in [1.29, 1.82) is 0 Å². The van der Waals surface area contributed by atoms with Gasteiger partial charge in [-0.05, 0) is 22.4 Å². The fourth-order valence-corrected chi connectivity index (χ4v) is 3.76. The lowest BCUT2D eigenvalue weighted by Gasteiger charge is -2.15. The maximum atomic E-state index is 6.16. The van der Waals surface area contributed by atoms with Crippen molar-refractivity contribution in [3.8, 4) is 22.5 Å². The maximum absolute atomic E-state index is 6.16. The zero-order chi connectivity index (χ0) is 19.6. The zero-order valence-electron chi connectivity index (χ0n) is 15.7. The smallest absolute Gasteiger partial charge is 0.221 e.